The van der Waals surface area contributed by atoms with Crippen LogP contribution >= 0.6 is 11.3 Å². The summed E-state index contributed by atoms with van der Waals surface area (Å²) < 4.78 is 0. The van der Waals surface area contributed by atoms with E-state index in [4.69, 9.17) is 5.11 Å². The third-order valence-corrected chi connectivity index (χ3v) is 4.12. The molecule has 1 aromatic heterocycles. The van der Waals surface area contributed by atoms with E-state index >= 15 is 0 Å². The molecule has 0 radical (unpaired) electrons. The second-order valence-corrected chi connectivity index (χ2v) is 5.59. The third-order valence-electron chi connectivity index (χ3n) is 3.25. The Labute approximate surface area is 129 Å². The molecule has 118 valence electrons. The first-order chi connectivity index (χ1) is 10.1. The van der Waals surface area contributed by atoms with Crippen molar-refractivity contribution < 1.29 is 14.7 Å². The lowest BCUT2D eigenvalue weighted by molar-refractivity contribution is -0.123. The van der Waals surface area contributed by atoms with E-state index in [9.17, 15) is 9.59 Å². The summed E-state index contributed by atoms with van der Waals surface area (Å²) >= 11 is 1.31. The largest absolute Gasteiger partial charge is 0.395 e. The van der Waals surface area contributed by atoms with E-state index in [2.05, 4.69) is 24.7 Å². The fraction of sp³-hybridized carbons (Fsp3) is 0.571. The van der Waals surface area contributed by atoms with Gasteiger partial charge in [0.05, 0.1) is 18.0 Å². The number of thiophene rings is 1. The van der Waals surface area contributed by atoms with Gasteiger partial charge in [-0.3, -0.25) is 25.3 Å². The maximum atomic E-state index is 11.9. The van der Waals surface area contributed by atoms with Gasteiger partial charge in [-0.25, -0.2) is 0 Å². The summed E-state index contributed by atoms with van der Waals surface area (Å²) in [4.78, 5) is 26.1. The van der Waals surface area contributed by atoms with E-state index in [1.54, 1.807) is 17.5 Å². The monoisotopic (exact) mass is 313 g/mol. The number of aliphatic hydroxyl groups excluding tert-OH is 1. The molecule has 6 nitrogen and oxygen atoms in total. The Balaban J connectivity index is 2.44. The maximum Gasteiger partial charge on any atom is 0.279 e. The average molecular weight is 313 g/mol. The Hall–Kier alpha value is -1.44. The molecule has 0 aliphatic rings. The minimum atomic E-state index is -0.324. The predicted molar refractivity (Wildman–Crippen MR) is 83.0 cm³/mol. The molecular weight excluding hydrogens is 290 g/mol. The highest BCUT2D eigenvalue weighted by Gasteiger charge is 2.18. The number of amides is 2. The molecule has 0 unspecified atom stereocenters. The highest BCUT2D eigenvalue weighted by atomic mass is 32.1. The number of hydrazine groups is 1. The molecule has 0 aliphatic carbocycles. The van der Waals surface area contributed by atoms with Gasteiger partial charge in [0.2, 0.25) is 0 Å². The minimum absolute atomic E-state index is 0.00529. The van der Waals surface area contributed by atoms with Gasteiger partial charge in [-0.15, -0.1) is 11.3 Å². The van der Waals surface area contributed by atoms with Crippen molar-refractivity contribution in [2.45, 2.75) is 32.7 Å². The van der Waals surface area contributed by atoms with Gasteiger partial charge in [0.15, 0.2) is 0 Å². The standard InChI is InChI=1S/C14H23N3O3S/c1-3-11(4-2)17(7-8-18)10-13(19)15-16-14(20)12-6-5-9-21-12/h5-6,9,11,18H,3-4,7-8,10H2,1-2H3,(H,15,19)(H,16,20). The topological polar surface area (TPSA) is 81.7 Å². The van der Waals surface area contributed by atoms with Crippen LogP contribution in [0.3, 0.4) is 0 Å². The second kappa shape index (κ2) is 9.49. The predicted octanol–water partition coefficient (Wildman–Crippen LogP) is 0.992. The average Bonchev–Trinajstić information content (AvgIpc) is 3.00. The molecule has 0 saturated carbocycles. The highest BCUT2D eigenvalue weighted by molar-refractivity contribution is 7.12. The Bertz CT molecular complexity index is 433. The third kappa shape index (κ3) is 5.82. The van der Waals surface area contributed by atoms with Crippen molar-refractivity contribution in [2.75, 3.05) is 19.7 Å². The van der Waals surface area contributed by atoms with E-state index in [1.807, 2.05) is 4.90 Å². The molecule has 1 heterocycles. The molecule has 0 atom stereocenters. The van der Waals surface area contributed by atoms with Crippen LogP contribution in [0.1, 0.15) is 36.4 Å². The number of hydrogen-bond acceptors (Lipinski definition) is 5. The van der Waals surface area contributed by atoms with Gasteiger partial charge in [-0.1, -0.05) is 19.9 Å². The van der Waals surface area contributed by atoms with Gasteiger partial charge >= 0.3 is 0 Å². The van der Waals surface area contributed by atoms with E-state index in [0.29, 0.717) is 11.4 Å². The van der Waals surface area contributed by atoms with Crippen LogP contribution in [0.2, 0.25) is 0 Å². The van der Waals surface area contributed by atoms with Gasteiger partial charge in [0, 0.05) is 12.6 Å². The number of carbonyl (C=O) groups is 2. The van der Waals surface area contributed by atoms with E-state index in [1.165, 1.54) is 11.3 Å². The zero-order valence-electron chi connectivity index (χ0n) is 12.5. The minimum Gasteiger partial charge on any atom is -0.395 e. The van der Waals surface area contributed by atoms with Crippen LogP contribution in [0.25, 0.3) is 0 Å². The molecule has 1 aromatic rings. The molecule has 0 fully saturated rings. The smallest absolute Gasteiger partial charge is 0.279 e. The molecule has 0 bridgehead atoms. The SMILES string of the molecule is CCC(CC)N(CCO)CC(=O)NNC(=O)c1cccs1. The Morgan fingerprint density at radius 3 is 2.57 bits per heavy atom. The summed E-state index contributed by atoms with van der Waals surface area (Å²) in [5.74, 6) is -0.616. The van der Waals surface area contributed by atoms with Gasteiger partial charge in [0.25, 0.3) is 11.8 Å². The number of rotatable bonds is 8. The van der Waals surface area contributed by atoms with Crippen molar-refractivity contribution in [1.82, 2.24) is 15.8 Å². The first kappa shape index (κ1) is 17.6. The second-order valence-electron chi connectivity index (χ2n) is 4.64. The van der Waals surface area contributed by atoms with Crippen LogP contribution in [-0.2, 0) is 4.79 Å². The van der Waals surface area contributed by atoms with E-state index in [0.717, 1.165) is 12.8 Å². The summed E-state index contributed by atoms with van der Waals surface area (Å²) in [5, 5.41) is 10.9. The molecule has 7 heteroatoms. The van der Waals surface area contributed by atoms with Crippen LogP contribution in [0, 0.1) is 0 Å². The first-order valence-corrected chi connectivity index (χ1v) is 7.97. The molecular formula is C14H23N3O3S. The van der Waals surface area contributed by atoms with Crippen molar-refractivity contribution >= 4 is 23.2 Å². The Morgan fingerprint density at radius 1 is 1.33 bits per heavy atom. The van der Waals surface area contributed by atoms with Crippen LogP contribution in [-0.4, -0.2) is 47.6 Å². The fourth-order valence-electron chi connectivity index (χ4n) is 2.14. The Morgan fingerprint density at radius 2 is 2.05 bits per heavy atom. The molecule has 21 heavy (non-hydrogen) atoms. The molecule has 3 N–H and O–H groups in total. The van der Waals surface area contributed by atoms with Crippen LogP contribution in [0.5, 0.6) is 0 Å². The summed E-state index contributed by atoms with van der Waals surface area (Å²) in [6.45, 7) is 4.70. The van der Waals surface area contributed by atoms with Gasteiger partial charge in [-0.2, -0.15) is 0 Å². The molecule has 1 rings (SSSR count). The Kier molecular flexibility index (Phi) is 7.96. The normalized spacial score (nSPS) is 10.9. The molecule has 2 amide bonds. The van der Waals surface area contributed by atoms with Crippen molar-refractivity contribution in [3.63, 3.8) is 0 Å². The number of hydrogen-bond donors (Lipinski definition) is 3. The number of nitrogens with one attached hydrogen (secondary N) is 2. The van der Waals surface area contributed by atoms with Crippen LogP contribution < -0.4 is 10.9 Å². The number of nitrogens with zero attached hydrogens (tertiary/aromatic N) is 1. The van der Waals surface area contributed by atoms with Crippen molar-refractivity contribution in [3.05, 3.63) is 22.4 Å². The number of aliphatic hydroxyl groups is 1. The summed E-state index contributed by atoms with van der Waals surface area (Å²) in [5.41, 5.74) is 4.80. The van der Waals surface area contributed by atoms with Crippen LogP contribution in [0.4, 0.5) is 0 Å². The lowest BCUT2D eigenvalue weighted by Gasteiger charge is -2.29. The molecule has 0 aromatic carbocycles. The molecule has 0 saturated heterocycles. The molecule has 0 aliphatic heterocycles. The lowest BCUT2D eigenvalue weighted by atomic mass is 10.1. The first-order valence-electron chi connectivity index (χ1n) is 7.09. The zero-order chi connectivity index (χ0) is 15.7. The fourth-order valence-corrected chi connectivity index (χ4v) is 2.76. The summed E-state index contributed by atoms with van der Waals surface area (Å²) in [6, 6.07) is 3.71. The summed E-state index contributed by atoms with van der Waals surface area (Å²) in [6.07, 6.45) is 1.82. The van der Waals surface area contributed by atoms with Crippen molar-refractivity contribution in [3.8, 4) is 0 Å². The van der Waals surface area contributed by atoms with Crippen molar-refractivity contribution in [1.29, 1.82) is 0 Å². The summed E-state index contributed by atoms with van der Waals surface area (Å²) in [7, 11) is 0. The van der Waals surface area contributed by atoms with Crippen molar-refractivity contribution in [2.24, 2.45) is 0 Å². The van der Waals surface area contributed by atoms with Gasteiger partial charge < -0.3 is 5.11 Å². The van der Waals surface area contributed by atoms with E-state index < -0.39 is 0 Å². The maximum absolute atomic E-state index is 11.9. The van der Waals surface area contributed by atoms with Crippen LogP contribution in [0.15, 0.2) is 17.5 Å². The van der Waals surface area contributed by atoms with Gasteiger partial charge in [0.1, 0.15) is 0 Å². The lowest BCUT2D eigenvalue weighted by Crippen LogP contribution is -2.49. The number of carbonyl (C=O) groups excluding carboxylic acids is 2. The van der Waals surface area contributed by atoms with Gasteiger partial charge in [-0.05, 0) is 24.3 Å². The highest BCUT2D eigenvalue weighted by Crippen LogP contribution is 2.08. The quantitative estimate of drug-likeness (QED) is 0.625. The zero-order valence-corrected chi connectivity index (χ0v) is 13.3. The van der Waals surface area contributed by atoms with E-state index in [-0.39, 0.29) is 31.0 Å². The molecule has 0 spiro atoms.